The lowest BCUT2D eigenvalue weighted by Crippen LogP contribution is -2.58. The first-order chi connectivity index (χ1) is 14.2. The molecule has 0 unspecified atom stereocenters. The third kappa shape index (κ3) is 3.31. The summed E-state index contributed by atoms with van der Waals surface area (Å²) in [5.41, 5.74) is 1.41. The van der Waals surface area contributed by atoms with Crippen molar-refractivity contribution >= 4 is 5.91 Å². The molecule has 2 fully saturated rings. The molecule has 3 aromatic rings. The largest absolute Gasteiger partial charge is 0.381 e. The van der Waals surface area contributed by atoms with E-state index < -0.39 is 5.41 Å². The lowest BCUT2D eigenvalue weighted by Gasteiger charge is -2.46. The van der Waals surface area contributed by atoms with Crippen molar-refractivity contribution in [2.24, 2.45) is 0 Å². The first-order valence-electron chi connectivity index (χ1n) is 9.92. The number of carbonyl (C=O) groups excluding carboxylic acids is 1. The number of rotatable bonds is 5. The Morgan fingerprint density at radius 3 is 2.55 bits per heavy atom. The van der Waals surface area contributed by atoms with E-state index in [4.69, 9.17) is 4.74 Å². The van der Waals surface area contributed by atoms with Gasteiger partial charge in [-0.3, -0.25) is 4.79 Å². The molecule has 9 heteroatoms. The maximum atomic E-state index is 13.5. The molecule has 4 heterocycles. The zero-order valence-corrected chi connectivity index (χ0v) is 16.1. The fraction of sp³-hybridized carbons (Fsp3) is 0.450. The molecule has 150 valence electrons. The molecular weight excluding hydrogens is 370 g/mol. The van der Waals surface area contributed by atoms with Crippen LogP contribution in [0.15, 0.2) is 48.9 Å². The zero-order chi connectivity index (χ0) is 19.7. The molecule has 9 nitrogen and oxygen atoms in total. The Labute approximate surface area is 168 Å². The van der Waals surface area contributed by atoms with Crippen LogP contribution in [-0.4, -0.2) is 67.1 Å². The van der Waals surface area contributed by atoms with E-state index in [2.05, 4.69) is 32.6 Å². The molecule has 0 N–H and O–H groups in total. The van der Waals surface area contributed by atoms with Gasteiger partial charge in [-0.1, -0.05) is 35.5 Å². The van der Waals surface area contributed by atoms with E-state index in [1.54, 1.807) is 17.2 Å². The second-order valence-electron chi connectivity index (χ2n) is 7.67. The number of aromatic nitrogens is 6. The lowest BCUT2D eigenvalue weighted by atomic mass is 9.72. The van der Waals surface area contributed by atoms with Gasteiger partial charge >= 0.3 is 0 Å². The minimum Gasteiger partial charge on any atom is -0.381 e. The van der Waals surface area contributed by atoms with Crippen LogP contribution in [0.3, 0.4) is 0 Å². The van der Waals surface area contributed by atoms with Crippen LogP contribution in [0.25, 0.3) is 0 Å². The number of benzene rings is 1. The molecule has 1 aromatic carbocycles. The topological polar surface area (TPSA) is 91.0 Å². The Balaban J connectivity index is 1.27. The maximum absolute atomic E-state index is 13.5. The number of hydrogen-bond donors (Lipinski definition) is 0. The van der Waals surface area contributed by atoms with Gasteiger partial charge in [0.05, 0.1) is 30.0 Å². The van der Waals surface area contributed by atoms with Crippen LogP contribution in [0, 0.1) is 0 Å². The van der Waals surface area contributed by atoms with E-state index >= 15 is 0 Å². The Kier molecular flexibility index (Phi) is 4.59. The zero-order valence-electron chi connectivity index (χ0n) is 16.1. The van der Waals surface area contributed by atoms with E-state index in [0.717, 1.165) is 24.1 Å². The molecule has 0 atom stereocenters. The molecule has 5 rings (SSSR count). The second kappa shape index (κ2) is 7.40. The summed E-state index contributed by atoms with van der Waals surface area (Å²) in [5.74, 6) is 0.198. The smallest absolute Gasteiger partial charge is 0.233 e. The summed E-state index contributed by atoms with van der Waals surface area (Å²) in [4.78, 5) is 17.0. The average Bonchev–Trinajstić information content (AvgIpc) is 3.41. The number of carbonyl (C=O) groups is 1. The minimum atomic E-state index is -0.482. The van der Waals surface area contributed by atoms with E-state index in [1.165, 1.54) is 0 Å². The molecular formula is C20H23N7O2. The van der Waals surface area contributed by atoms with Gasteiger partial charge in [-0.2, -0.15) is 15.0 Å². The Hall–Kier alpha value is -3.07. The van der Waals surface area contributed by atoms with Gasteiger partial charge in [-0.15, -0.1) is 5.10 Å². The molecule has 0 radical (unpaired) electrons. The molecule has 0 aliphatic carbocycles. The Bertz CT molecular complexity index is 958. The summed E-state index contributed by atoms with van der Waals surface area (Å²) < 4.78 is 7.41. The fourth-order valence-corrected chi connectivity index (χ4v) is 4.23. The van der Waals surface area contributed by atoms with E-state index in [9.17, 15) is 4.79 Å². The molecule has 29 heavy (non-hydrogen) atoms. The number of nitrogens with zero attached hydrogens (tertiary/aromatic N) is 7. The fourth-order valence-electron chi connectivity index (χ4n) is 4.23. The van der Waals surface area contributed by atoms with Crippen molar-refractivity contribution in [1.82, 2.24) is 34.9 Å². The van der Waals surface area contributed by atoms with Gasteiger partial charge in [0, 0.05) is 26.3 Å². The van der Waals surface area contributed by atoms with Crippen molar-refractivity contribution < 1.29 is 9.53 Å². The quantitative estimate of drug-likeness (QED) is 0.644. The van der Waals surface area contributed by atoms with E-state index in [0.29, 0.717) is 32.8 Å². The van der Waals surface area contributed by atoms with Crippen molar-refractivity contribution in [2.45, 2.75) is 30.8 Å². The standard InChI is InChI=1S/C20H23N7O2/c28-19(20(6-10-29-11-7-20)16-4-2-1-3-5-16)25-14-18(15-25)26-12-17(23-24-26)13-27-21-8-9-22-27/h1-5,8-9,12,18H,6-7,10-11,13-15H2. The predicted octanol–water partition coefficient (Wildman–Crippen LogP) is 1.05. The number of likely N-dealkylation sites (tertiary alicyclic amines) is 1. The molecule has 1 amide bonds. The summed E-state index contributed by atoms with van der Waals surface area (Å²) in [6.07, 6.45) is 6.64. The van der Waals surface area contributed by atoms with Crippen LogP contribution in [0.4, 0.5) is 0 Å². The van der Waals surface area contributed by atoms with Crippen LogP contribution in [0.1, 0.15) is 30.1 Å². The summed E-state index contributed by atoms with van der Waals surface area (Å²) in [7, 11) is 0. The van der Waals surface area contributed by atoms with Crippen LogP contribution >= 0.6 is 0 Å². The third-order valence-electron chi connectivity index (χ3n) is 5.93. The van der Waals surface area contributed by atoms with Crippen molar-refractivity contribution in [1.29, 1.82) is 0 Å². The molecule has 2 saturated heterocycles. The first kappa shape index (κ1) is 18.0. The molecule has 0 bridgehead atoms. The van der Waals surface area contributed by atoms with Gasteiger partial charge in [0.25, 0.3) is 0 Å². The third-order valence-corrected chi connectivity index (χ3v) is 5.93. The molecule has 2 aromatic heterocycles. The van der Waals surface area contributed by atoms with Gasteiger partial charge in [0.2, 0.25) is 5.91 Å². The second-order valence-corrected chi connectivity index (χ2v) is 7.67. The summed E-state index contributed by atoms with van der Waals surface area (Å²) in [6.45, 7) is 3.02. The monoisotopic (exact) mass is 393 g/mol. The predicted molar refractivity (Wildman–Crippen MR) is 103 cm³/mol. The Morgan fingerprint density at radius 1 is 1.10 bits per heavy atom. The van der Waals surface area contributed by atoms with E-state index in [1.807, 2.05) is 34.0 Å². The molecule has 0 spiro atoms. The SMILES string of the molecule is O=C(N1CC(n2cc(Cn3nccn3)nn2)C1)C1(c2ccccc2)CCOCC1. The Morgan fingerprint density at radius 2 is 1.83 bits per heavy atom. The summed E-state index contributed by atoms with van der Waals surface area (Å²) in [6, 6.07) is 10.3. The van der Waals surface area contributed by atoms with E-state index in [-0.39, 0.29) is 11.9 Å². The van der Waals surface area contributed by atoms with Gasteiger partial charge in [-0.25, -0.2) is 4.68 Å². The van der Waals surface area contributed by atoms with Gasteiger partial charge in [0.1, 0.15) is 12.2 Å². The van der Waals surface area contributed by atoms with Crippen molar-refractivity contribution in [3.8, 4) is 0 Å². The first-order valence-corrected chi connectivity index (χ1v) is 9.92. The number of hydrogen-bond acceptors (Lipinski definition) is 6. The highest BCUT2D eigenvalue weighted by Gasteiger charge is 2.47. The molecule has 2 aliphatic heterocycles. The lowest BCUT2D eigenvalue weighted by molar-refractivity contribution is -0.147. The average molecular weight is 393 g/mol. The van der Waals surface area contributed by atoms with Crippen LogP contribution in [0.2, 0.25) is 0 Å². The van der Waals surface area contributed by atoms with Crippen molar-refractivity contribution in [3.05, 3.63) is 60.2 Å². The normalized spacial score (nSPS) is 19.1. The van der Waals surface area contributed by atoms with Gasteiger partial charge < -0.3 is 9.64 Å². The summed E-state index contributed by atoms with van der Waals surface area (Å²) in [5, 5.41) is 16.6. The highest BCUT2D eigenvalue weighted by Crippen LogP contribution is 2.38. The van der Waals surface area contributed by atoms with Crippen molar-refractivity contribution in [2.75, 3.05) is 26.3 Å². The minimum absolute atomic E-state index is 0.151. The van der Waals surface area contributed by atoms with Crippen LogP contribution < -0.4 is 0 Å². The van der Waals surface area contributed by atoms with Gasteiger partial charge in [-0.05, 0) is 18.4 Å². The summed E-state index contributed by atoms with van der Waals surface area (Å²) >= 11 is 0. The van der Waals surface area contributed by atoms with Gasteiger partial charge in [0.15, 0.2) is 0 Å². The molecule has 2 aliphatic rings. The van der Waals surface area contributed by atoms with Crippen LogP contribution in [0.5, 0.6) is 0 Å². The number of amides is 1. The maximum Gasteiger partial charge on any atom is 0.233 e. The highest BCUT2D eigenvalue weighted by molar-refractivity contribution is 5.89. The van der Waals surface area contributed by atoms with Crippen LogP contribution in [-0.2, 0) is 21.5 Å². The highest BCUT2D eigenvalue weighted by atomic mass is 16.5. The van der Waals surface area contributed by atoms with Crippen molar-refractivity contribution in [3.63, 3.8) is 0 Å². The number of ether oxygens (including phenoxy) is 1. The molecule has 0 saturated carbocycles.